The normalized spacial score (nSPS) is 10.8. The third-order valence-corrected chi connectivity index (χ3v) is 5.12. The molecule has 0 aliphatic rings. The second kappa shape index (κ2) is 8.43. The molecule has 6 nitrogen and oxygen atoms in total. The lowest BCUT2D eigenvalue weighted by Crippen LogP contribution is -1.82. The van der Waals surface area contributed by atoms with Crippen molar-refractivity contribution in [3.8, 4) is 57.1 Å². The van der Waals surface area contributed by atoms with Crippen molar-refractivity contribution < 1.29 is 18.3 Å². The van der Waals surface area contributed by atoms with Crippen molar-refractivity contribution in [1.82, 2.24) is 9.97 Å². The van der Waals surface area contributed by atoms with Crippen LogP contribution < -0.4 is 9.47 Å². The molecule has 0 radical (unpaired) electrons. The molecule has 32 heavy (non-hydrogen) atoms. The Bertz CT molecular complexity index is 1230. The summed E-state index contributed by atoms with van der Waals surface area (Å²) in [4.78, 5) is 8.90. The van der Waals surface area contributed by atoms with Crippen molar-refractivity contribution in [2.24, 2.45) is 0 Å². The number of hydrogen-bond donors (Lipinski definition) is 0. The quantitative estimate of drug-likeness (QED) is 0.316. The molecule has 0 aliphatic carbocycles. The smallest absolute Gasteiger partial charge is 0.226 e. The van der Waals surface area contributed by atoms with Crippen molar-refractivity contribution in [3.05, 3.63) is 85.2 Å². The standard InChI is InChI=1S/C26H20N2O4/c1-29-21-10-6-17(7-11-21)23-15-27-25(31-23)19-4-3-5-20(14-19)26-28-16-24(32-26)18-8-12-22(30-2)13-9-18/h3-16H,1-2H3. The van der Waals surface area contributed by atoms with E-state index >= 15 is 0 Å². The average Bonchev–Trinajstić information content (AvgIpc) is 3.55. The molecule has 0 bridgehead atoms. The predicted molar refractivity (Wildman–Crippen MR) is 121 cm³/mol. The molecular weight excluding hydrogens is 404 g/mol. The summed E-state index contributed by atoms with van der Waals surface area (Å²) in [5, 5.41) is 0. The van der Waals surface area contributed by atoms with Crippen molar-refractivity contribution in [1.29, 1.82) is 0 Å². The molecule has 0 aliphatic heterocycles. The summed E-state index contributed by atoms with van der Waals surface area (Å²) < 4.78 is 22.4. The Morgan fingerprint density at radius 1 is 0.562 bits per heavy atom. The van der Waals surface area contributed by atoms with Gasteiger partial charge in [-0.1, -0.05) is 6.07 Å². The van der Waals surface area contributed by atoms with Gasteiger partial charge >= 0.3 is 0 Å². The van der Waals surface area contributed by atoms with Crippen molar-refractivity contribution in [2.75, 3.05) is 14.2 Å². The number of nitrogens with zero attached hydrogens (tertiary/aromatic N) is 2. The van der Waals surface area contributed by atoms with Gasteiger partial charge in [-0.05, 0) is 66.7 Å². The lowest BCUT2D eigenvalue weighted by molar-refractivity contribution is 0.414. The summed E-state index contributed by atoms with van der Waals surface area (Å²) in [5.74, 6) is 4.01. The highest BCUT2D eigenvalue weighted by molar-refractivity contribution is 5.68. The fourth-order valence-corrected chi connectivity index (χ4v) is 3.38. The fourth-order valence-electron chi connectivity index (χ4n) is 3.38. The Labute approximate surface area is 185 Å². The van der Waals surface area contributed by atoms with Crippen LogP contribution in [0.1, 0.15) is 0 Å². The van der Waals surface area contributed by atoms with E-state index in [1.54, 1.807) is 26.6 Å². The Hall–Kier alpha value is -4.32. The van der Waals surface area contributed by atoms with Crippen molar-refractivity contribution in [3.63, 3.8) is 0 Å². The average molecular weight is 424 g/mol. The van der Waals surface area contributed by atoms with Gasteiger partial charge in [-0.2, -0.15) is 0 Å². The molecule has 3 aromatic carbocycles. The van der Waals surface area contributed by atoms with Gasteiger partial charge in [0.25, 0.3) is 0 Å². The zero-order valence-electron chi connectivity index (χ0n) is 17.6. The van der Waals surface area contributed by atoms with Gasteiger partial charge in [-0.25, -0.2) is 9.97 Å². The molecule has 0 atom stereocenters. The Kier molecular flexibility index (Phi) is 5.17. The molecule has 5 rings (SSSR count). The molecule has 2 aromatic heterocycles. The fraction of sp³-hybridized carbons (Fsp3) is 0.0769. The maximum Gasteiger partial charge on any atom is 0.226 e. The van der Waals surface area contributed by atoms with Crippen molar-refractivity contribution in [2.45, 2.75) is 0 Å². The van der Waals surface area contributed by atoms with E-state index in [9.17, 15) is 0 Å². The molecule has 0 saturated heterocycles. The number of rotatable bonds is 6. The number of aromatic nitrogens is 2. The molecule has 0 saturated carbocycles. The highest BCUT2D eigenvalue weighted by atomic mass is 16.5. The van der Waals surface area contributed by atoms with Gasteiger partial charge in [0.2, 0.25) is 11.8 Å². The minimum absolute atomic E-state index is 0.527. The van der Waals surface area contributed by atoms with Crippen LogP contribution in [-0.4, -0.2) is 24.2 Å². The number of oxazole rings is 2. The topological polar surface area (TPSA) is 70.5 Å². The molecule has 5 aromatic rings. The summed E-state index contributed by atoms with van der Waals surface area (Å²) in [7, 11) is 3.28. The van der Waals surface area contributed by atoms with Crippen LogP contribution in [0.4, 0.5) is 0 Å². The molecule has 0 amide bonds. The lowest BCUT2D eigenvalue weighted by Gasteiger charge is -2.02. The van der Waals surface area contributed by atoms with E-state index in [1.165, 1.54) is 0 Å². The van der Waals surface area contributed by atoms with E-state index in [1.807, 2.05) is 72.8 Å². The first-order valence-electron chi connectivity index (χ1n) is 10.0. The second-order valence-electron chi connectivity index (χ2n) is 7.10. The Morgan fingerprint density at radius 3 is 1.41 bits per heavy atom. The van der Waals surface area contributed by atoms with Crippen LogP contribution in [0.2, 0.25) is 0 Å². The van der Waals surface area contributed by atoms with E-state index in [4.69, 9.17) is 18.3 Å². The lowest BCUT2D eigenvalue weighted by atomic mass is 10.1. The monoisotopic (exact) mass is 424 g/mol. The minimum Gasteiger partial charge on any atom is -0.497 e. The number of hydrogen-bond acceptors (Lipinski definition) is 6. The highest BCUT2D eigenvalue weighted by Crippen LogP contribution is 2.31. The molecule has 0 fully saturated rings. The minimum atomic E-state index is 0.527. The van der Waals surface area contributed by atoms with Gasteiger partial charge in [0.15, 0.2) is 11.5 Å². The van der Waals surface area contributed by atoms with E-state index in [-0.39, 0.29) is 0 Å². The first kappa shape index (κ1) is 19.6. The van der Waals surface area contributed by atoms with Crippen LogP contribution in [0.15, 0.2) is 94.0 Å². The largest absolute Gasteiger partial charge is 0.497 e. The third kappa shape index (κ3) is 3.86. The summed E-state index contributed by atoms with van der Waals surface area (Å²) >= 11 is 0. The first-order valence-corrected chi connectivity index (χ1v) is 10.0. The van der Waals surface area contributed by atoms with Crippen molar-refractivity contribution >= 4 is 0 Å². The van der Waals surface area contributed by atoms with Crippen LogP contribution in [0.3, 0.4) is 0 Å². The van der Waals surface area contributed by atoms with Gasteiger partial charge in [0.1, 0.15) is 11.5 Å². The van der Waals surface area contributed by atoms with Crippen LogP contribution in [0.5, 0.6) is 11.5 Å². The maximum absolute atomic E-state index is 6.00. The summed E-state index contributed by atoms with van der Waals surface area (Å²) in [6.45, 7) is 0. The van der Waals surface area contributed by atoms with Crippen LogP contribution in [0.25, 0.3) is 45.6 Å². The van der Waals surface area contributed by atoms with E-state index < -0.39 is 0 Å². The van der Waals surface area contributed by atoms with Crippen LogP contribution >= 0.6 is 0 Å². The van der Waals surface area contributed by atoms with Gasteiger partial charge in [0.05, 0.1) is 26.6 Å². The molecule has 0 unspecified atom stereocenters. The Balaban J connectivity index is 1.40. The molecule has 0 spiro atoms. The molecule has 0 N–H and O–H groups in total. The van der Waals surface area contributed by atoms with Crippen LogP contribution in [-0.2, 0) is 0 Å². The molecular formula is C26H20N2O4. The molecule has 6 heteroatoms. The highest BCUT2D eigenvalue weighted by Gasteiger charge is 2.13. The second-order valence-corrected chi connectivity index (χ2v) is 7.10. The van der Waals surface area contributed by atoms with Gasteiger partial charge < -0.3 is 18.3 Å². The first-order chi connectivity index (χ1) is 15.7. The van der Waals surface area contributed by atoms with E-state index in [0.29, 0.717) is 23.3 Å². The summed E-state index contributed by atoms with van der Waals surface area (Å²) in [6, 6.07) is 23.1. The summed E-state index contributed by atoms with van der Waals surface area (Å²) in [6.07, 6.45) is 3.44. The zero-order chi connectivity index (χ0) is 21.9. The van der Waals surface area contributed by atoms with Gasteiger partial charge in [-0.3, -0.25) is 0 Å². The molecule has 158 valence electrons. The number of benzene rings is 3. The number of ether oxygens (including phenoxy) is 2. The maximum atomic E-state index is 6.00. The number of methoxy groups -OCH3 is 2. The third-order valence-electron chi connectivity index (χ3n) is 5.12. The predicted octanol–water partition coefficient (Wildman–Crippen LogP) is 6.35. The van der Waals surface area contributed by atoms with Gasteiger partial charge in [-0.15, -0.1) is 0 Å². The van der Waals surface area contributed by atoms with E-state index in [0.717, 1.165) is 33.8 Å². The summed E-state index contributed by atoms with van der Waals surface area (Å²) in [5.41, 5.74) is 3.54. The van der Waals surface area contributed by atoms with Gasteiger partial charge in [0, 0.05) is 22.3 Å². The Morgan fingerprint density at radius 2 is 1.00 bits per heavy atom. The SMILES string of the molecule is COc1ccc(-c2cnc(-c3cccc(-c4ncc(-c5ccc(OC)cc5)o4)c3)o2)cc1. The zero-order valence-corrected chi connectivity index (χ0v) is 17.6. The van der Waals surface area contributed by atoms with E-state index in [2.05, 4.69) is 9.97 Å². The van der Waals surface area contributed by atoms with Crippen LogP contribution in [0, 0.1) is 0 Å². The molecule has 2 heterocycles.